The third-order valence-electron chi connectivity index (χ3n) is 3.51. The third kappa shape index (κ3) is 3.11. The van der Waals surface area contributed by atoms with Crippen LogP contribution in [0.2, 0.25) is 0 Å². The fourth-order valence-corrected chi connectivity index (χ4v) is 3.38. The van der Waals surface area contributed by atoms with E-state index in [1.54, 1.807) is 11.3 Å². The van der Waals surface area contributed by atoms with Gasteiger partial charge >= 0.3 is 6.03 Å². The minimum absolute atomic E-state index is 0.129. The van der Waals surface area contributed by atoms with Gasteiger partial charge in [0, 0.05) is 24.4 Å². The first kappa shape index (κ1) is 13.4. The molecule has 5 heteroatoms. The topological polar surface area (TPSA) is 50.4 Å². The number of amides is 2. The van der Waals surface area contributed by atoms with E-state index >= 15 is 0 Å². The summed E-state index contributed by atoms with van der Waals surface area (Å²) in [6, 6.07) is 8.12. The Morgan fingerprint density at radius 1 is 1.35 bits per heavy atom. The molecule has 0 bridgehead atoms. The number of benzene rings is 1. The summed E-state index contributed by atoms with van der Waals surface area (Å²) in [5.41, 5.74) is 1.16. The minimum atomic E-state index is -0.129. The maximum absolute atomic E-state index is 11.8. The van der Waals surface area contributed by atoms with Crippen LogP contribution in [0.25, 0.3) is 10.1 Å². The van der Waals surface area contributed by atoms with Crippen molar-refractivity contribution in [1.82, 2.24) is 10.6 Å². The molecule has 4 nitrogen and oxygen atoms in total. The number of fused-ring (bicyclic) bond motifs is 1. The molecular weight excluding hydrogens is 272 g/mol. The minimum Gasteiger partial charge on any atom is -0.376 e. The average Bonchev–Trinajstić information content (AvgIpc) is 3.12. The van der Waals surface area contributed by atoms with Crippen molar-refractivity contribution in [2.45, 2.75) is 25.5 Å². The molecule has 1 fully saturated rings. The molecule has 0 radical (unpaired) electrons. The summed E-state index contributed by atoms with van der Waals surface area (Å²) in [6.07, 6.45) is 2.31. The number of urea groups is 1. The molecule has 1 aliphatic heterocycles. The van der Waals surface area contributed by atoms with Crippen molar-refractivity contribution < 1.29 is 9.53 Å². The van der Waals surface area contributed by atoms with Crippen LogP contribution in [0.5, 0.6) is 0 Å². The number of thiophene rings is 1. The molecular formula is C15H18N2O2S. The van der Waals surface area contributed by atoms with E-state index in [0.29, 0.717) is 13.1 Å². The van der Waals surface area contributed by atoms with E-state index in [0.717, 1.165) is 25.0 Å². The predicted octanol–water partition coefficient (Wildman–Crippen LogP) is 2.88. The number of carbonyl (C=O) groups excluding carboxylic acids is 1. The lowest BCUT2D eigenvalue weighted by atomic mass is 10.2. The van der Waals surface area contributed by atoms with Crippen LogP contribution >= 0.6 is 11.3 Å². The molecule has 2 amide bonds. The molecule has 1 aromatic carbocycles. The van der Waals surface area contributed by atoms with Gasteiger partial charge in [-0.2, -0.15) is 0 Å². The largest absolute Gasteiger partial charge is 0.376 e. The van der Waals surface area contributed by atoms with Gasteiger partial charge in [0.1, 0.15) is 0 Å². The fraction of sp³-hybridized carbons (Fsp3) is 0.400. The van der Waals surface area contributed by atoms with Gasteiger partial charge in [0.2, 0.25) is 0 Å². The second-order valence-electron chi connectivity index (χ2n) is 4.96. The number of rotatable bonds is 4. The smallest absolute Gasteiger partial charge is 0.315 e. The van der Waals surface area contributed by atoms with Gasteiger partial charge in [0.25, 0.3) is 0 Å². The highest BCUT2D eigenvalue weighted by atomic mass is 32.1. The van der Waals surface area contributed by atoms with Crippen LogP contribution in [-0.4, -0.2) is 25.3 Å². The quantitative estimate of drug-likeness (QED) is 0.909. The maximum atomic E-state index is 11.8. The number of hydrogen-bond acceptors (Lipinski definition) is 3. The Morgan fingerprint density at radius 3 is 3.10 bits per heavy atom. The lowest BCUT2D eigenvalue weighted by Gasteiger charge is -2.11. The summed E-state index contributed by atoms with van der Waals surface area (Å²) >= 11 is 1.71. The first-order valence-corrected chi connectivity index (χ1v) is 7.79. The summed E-state index contributed by atoms with van der Waals surface area (Å²) in [7, 11) is 0. The Labute approximate surface area is 122 Å². The summed E-state index contributed by atoms with van der Waals surface area (Å²) < 4.78 is 6.72. The zero-order chi connectivity index (χ0) is 13.8. The molecule has 0 aliphatic carbocycles. The number of nitrogens with one attached hydrogen (secondary N) is 2. The first-order chi connectivity index (χ1) is 9.83. The van der Waals surface area contributed by atoms with Crippen molar-refractivity contribution in [3.8, 4) is 0 Å². The zero-order valence-electron chi connectivity index (χ0n) is 11.2. The van der Waals surface area contributed by atoms with Gasteiger partial charge in [-0.3, -0.25) is 0 Å². The van der Waals surface area contributed by atoms with Crippen LogP contribution in [0.1, 0.15) is 18.4 Å². The molecule has 2 N–H and O–H groups in total. The molecule has 1 aliphatic rings. The van der Waals surface area contributed by atoms with Crippen molar-refractivity contribution in [2.75, 3.05) is 13.2 Å². The van der Waals surface area contributed by atoms with Crippen LogP contribution in [-0.2, 0) is 11.3 Å². The van der Waals surface area contributed by atoms with Gasteiger partial charge in [-0.05, 0) is 35.2 Å². The molecule has 1 aromatic heterocycles. The lowest BCUT2D eigenvalue weighted by molar-refractivity contribution is 0.111. The van der Waals surface area contributed by atoms with Crippen LogP contribution in [0.3, 0.4) is 0 Å². The second kappa shape index (κ2) is 6.24. The van der Waals surface area contributed by atoms with Crippen molar-refractivity contribution in [1.29, 1.82) is 0 Å². The molecule has 106 valence electrons. The monoisotopic (exact) mass is 290 g/mol. The van der Waals surface area contributed by atoms with E-state index in [9.17, 15) is 4.79 Å². The second-order valence-corrected chi connectivity index (χ2v) is 5.87. The zero-order valence-corrected chi connectivity index (χ0v) is 12.0. The Bertz CT molecular complexity index is 590. The normalized spacial score (nSPS) is 18.3. The Morgan fingerprint density at radius 2 is 2.25 bits per heavy atom. The van der Waals surface area contributed by atoms with Gasteiger partial charge in [0.15, 0.2) is 0 Å². The van der Waals surface area contributed by atoms with Crippen molar-refractivity contribution >= 4 is 27.5 Å². The highest BCUT2D eigenvalue weighted by Crippen LogP contribution is 2.25. The number of hydrogen-bond donors (Lipinski definition) is 2. The van der Waals surface area contributed by atoms with E-state index in [1.165, 1.54) is 10.1 Å². The van der Waals surface area contributed by atoms with Crippen molar-refractivity contribution in [3.63, 3.8) is 0 Å². The average molecular weight is 290 g/mol. The van der Waals surface area contributed by atoms with E-state index < -0.39 is 0 Å². The van der Waals surface area contributed by atoms with Gasteiger partial charge < -0.3 is 15.4 Å². The Hall–Kier alpha value is -1.59. The van der Waals surface area contributed by atoms with Gasteiger partial charge in [-0.15, -0.1) is 11.3 Å². The lowest BCUT2D eigenvalue weighted by Crippen LogP contribution is -2.39. The summed E-state index contributed by atoms with van der Waals surface area (Å²) in [6.45, 7) is 1.96. The maximum Gasteiger partial charge on any atom is 0.315 e. The molecule has 2 heterocycles. The van der Waals surface area contributed by atoms with Crippen LogP contribution < -0.4 is 10.6 Å². The van der Waals surface area contributed by atoms with E-state index in [-0.39, 0.29) is 12.1 Å². The van der Waals surface area contributed by atoms with Crippen molar-refractivity contribution in [2.24, 2.45) is 0 Å². The molecule has 20 heavy (non-hydrogen) atoms. The van der Waals surface area contributed by atoms with Crippen molar-refractivity contribution in [3.05, 3.63) is 35.2 Å². The highest BCUT2D eigenvalue weighted by molar-refractivity contribution is 7.17. The van der Waals surface area contributed by atoms with Crippen LogP contribution in [0.15, 0.2) is 29.6 Å². The third-order valence-corrected chi connectivity index (χ3v) is 4.53. The molecule has 0 spiro atoms. The fourth-order valence-electron chi connectivity index (χ4n) is 2.42. The molecule has 0 saturated carbocycles. The SMILES string of the molecule is O=C(NCc1csc2ccccc12)NCC1CCCO1. The van der Waals surface area contributed by atoms with E-state index in [1.807, 2.05) is 12.1 Å². The predicted molar refractivity (Wildman–Crippen MR) is 81.0 cm³/mol. The molecule has 1 unspecified atom stereocenters. The van der Waals surface area contributed by atoms with Gasteiger partial charge in [-0.1, -0.05) is 18.2 Å². The van der Waals surface area contributed by atoms with E-state index in [4.69, 9.17) is 4.74 Å². The molecule has 2 aromatic rings. The molecule has 1 atom stereocenters. The molecule has 3 rings (SSSR count). The Kier molecular flexibility index (Phi) is 4.18. The number of ether oxygens (including phenoxy) is 1. The van der Waals surface area contributed by atoms with Gasteiger partial charge in [0.05, 0.1) is 6.10 Å². The summed E-state index contributed by atoms with van der Waals surface area (Å²) in [4.78, 5) is 11.8. The Balaban J connectivity index is 1.49. The standard InChI is InChI=1S/C15H18N2O2S/c18-15(17-9-12-4-3-7-19-12)16-8-11-10-20-14-6-2-1-5-13(11)14/h1-2,5-6,10,12H,3-4,7-9H2,(H2,16,17,18). The van der Waals surface area contributed by atoms with Crippen LogP contribution in [0, 0.1) is 0 Å². The van der Waals surface area contributed by atoms with E-state index in [2.05, 4.69) is 28.1 Å². The summed E-state index contributed by atoms with van der Waals surface area (Å²) in [5.74, 6) is 0. The van der Waals surface area contributed by atoms with Crippen LogP contribution in [0.4, 0.5) is 4.79 Å². The molecule has 1 saturated heterocycles. The number of carbonyl (C=O) groups is 1. The summed E-state index contributed by atoms with van der Waals surface area (Å²) in [5, 5.41) is 9.09. The first-order valence-electron chi connectivity index (χ1n) is 6.91. The van der Waals surface area contributed by atoms with Gasteiger partial charge in [-0.25, -0.2) is 4.79 Å². The highest BCUT2D eigenvalue weighted by Gasteiger charge is 2.16.